The highest BCUT2D eigenvalue weighted by Crippen LogP contribution is 2.24. The number of hydrogen-bond acceptors (Lipinski definition) is 4. The van der Waals surface area contributed by atoms with Crippen LogP contribution in [0.15, 0.2) is 30.5 Å². The maximum Gasteiger partial charge on any atom is 0.260 e. The Kier molecular flexibility index (Phi) is 5.75. The Morgan fingerprint density at radius 2 is 2.00 bits per heavy atom. The minimum atomic E-state index is -0.973. The molecule has 2 rings (SSSR count). The van der Waals surface area contributed by atoms with Crippen LogP contribution >= 0.6 is 0 Å². The molecular formula is C19H18F2N4O2. The number of allylic oxidation sites excluding steroid dienone is 1. The van der Waals surface area contributed by atoms with Crippen molar-refractivity contribution in [3.05, 3.63) is 64.6 Å². The maximum atomic E-state index is 14.9. The topological polar surface area (TPSA) is 86.9 Å². The third kappa shape index (κ3) is 3.72. The first kappa shape index (κ1) is 19.8. The number of halogens is 2. The number of nitrogens with one attached hydrogen (secondary N) is 2. The zero-order valence-electron chi connectivity index (χ0n) is 15.1. The third-order valence-electron chi connectivity index (χ3n) is 4.08. The van der Waals surface area contributed by atoms with Crippen molar-refractivity contribution in [2.45, 2.75) is 13.8 Å². The van der Waals surface area contributed by atoms with Gasteiger partial charge < -0.3 is 15.2 Å². The largest absolute Gasteiger partial charge is 0.383 e. The lowest BCUT2D eigenvalue weighted by atomic mass is 10.1. The van der Waals surface area contributed by atoms with Gasteiger partial charge in [-0.15, -0.1) is 0 Å². The molecule has 0 fully saturated rings. The molecule has 0 unspecified atom stereocenters. The molecule has 140 valence electrons. The maximum absolute atomic E-state index is 14.9. The highest BCUT2D eigenvalue weighted by Gasteiger charge is 2.29. The third-order valence-corrected chi connectivity index (χ3v) is 4.08. The molecular weight excluding hydrogens is 354 g/mol. The van der Waals surface area contributed by atoms with Crippen LogP contribution in [-0.2, 0) is 7.05 Å². The van der Waals surface area contributed by atoms with E-state index in [0.717, 1.165) is 12.1 Å². The van der Waals surface area contributed by atoms with Gasteiger partial charge in [0.05, 0.1) is 16.8 Å². The van der Waals surface area contributed by atoms with Crippen molar-refractivity contribution in [3.63, 3.8) is 0 Å². The SMILES string of the molecule is C=C(NCC)C(=O)c1c(F)c(C(=O)Nc2ccc(F)c(C#N)c2)c(C)n1C. The summed E-state index contributed by atoms with van der Waals surface area (Å²) in [5, 5.41) is 14.0. The Balaban J connectivity index is 2.40. The van der Waals surface area contributed by atoms with Crippen molar-refractivity contribution in [2.75, 3.05) is 11.9 Å². The molecule has 1 heterocycles. The number of ketones is 1. The van der Waals surface area contributed by atoms with Crippen molar-refractivity contribution >= 4 is 17.4 Å². The van der Waals surface area contributed by atoms with Gasteiger partial charge in [-0.2, -0.15) is 5.26 Å². The van der Waals surface area contributed by atoms with Crippen molar-refractivity contribution < 1.29 is 18.4 Å². The second-order valence-corrected chi connectivity index (χ2v) is 5.78. The first-order chi connectivity index (χ1) is 12.7. The van der Waals surface area contributed by atoms with Crippen LogP contribution in [0.4, 0.5) is 14.5 Å². The summed E-state index contributed by atoms with van der Waals surface area (Å²) in [5.41, 5.74) is -0.476. The molecule has 1 aromatic heterocycles. The van der Waals surface area contributed by atoms with E-state index in [1.807, 2.05) is 0 Å². The number of hydrogen-bond donors (Lipinski definition) is 2. The van der Waals surface area contributed by atoms with Crippen molar-refractivity contribution in [3.8, 4) is 6.07 Å². The number of aromatic nitrogens is 1. The summed E-state index contributed by atoms with van der Waals surface area (Å²) >= 11 is 0. The summed E-state index contributed by atoms with van der Waals surface area (Å²) in [6.07, 6.45) is 0. The minimum Gasteiger partial charge on any atom is -0.383 e. The number of anilines is 1. The number of carbonyl (C=O) groups is 2. The quantitative estimate of drug-likeness (QED) is 0.603. The minimum absolute atomic E-state index is 0.0150. The van der Waals surface area contributed by atoms with Gasteiger partial charge in [-0.25, -0.2) is 8.78 Å². The van der Waals surface area contributed by atoms with Crippen LogP contribution < -0.4 is 10.6 Å². The fourth-order valence-electron chi connectivity index (χ4n) is 2.59. The summed E-state index contributed by atoms with van der Waals surface area (Å²) in [5.74, 6) is -3.18. The van der Waals surface area contributed by atoms with Gasteiger partial charge in [0.1, 0.15) is 17.6 Å². The number of benzene rings is 1. The van der Waals surface area contributed by atoms with Crippen LogP contribution in [0, 0.1) is 29.9 Å². The molecule has 2 aromatic rings. The summed E-state index contributed by atoms with van der Waals surface area (Å²) < 4.78 is 29.6. The zero-order valence-corrected chi connectivity index (χ0v) is 15.1. The van der Waals surface area contributed by atoms with Crippen LogP contribution in [0.2, 0.25) is 0 Å². The van der Waals surface area contributed by atoms with Crippen molar-refractivity contribution in [2.24, 2.45) is 7.05 Å². The molecule has 0 spiro atoms. The first-order valence-electron chi connectivity index (χ1n) is 8.06. The number of Topliss-reactive ketones (excluding diaryl/α,β-unsaturated/α-hetero) is 1. The summed E-state index contributed by atoms with van der Waals surface area (Å²) in [6.45, 7) is 7.28. The van der Waals surface area contributed by atoms with E-state index in [0.29, 0.717) is 6.54 Å². The lowest BCUT2D eigenvalue weighted by Gasteiger charge is -2.07. The molecule has 0 atom stereocenters. The van der Waals surface area contributed by atoms with Gasteiger partial charge in [0.15, 0.2) is 5.82 Å². The Hall–Kier alpha value is -3.47. The van der Waals surface area contributed by atoms with E-state index in [-0.39, 0.29) is 33.9 Å². The second-order valence-electron chi connectivity index (χ2n) is 5.78. The molecule has 0 bridgehead atoms. The highest BCUT2D eigenvalue weighted by molar-refractivity contribution is 6.11. The fourth-order valence-corrected chi connectivity index (χ4v) is 2.59. The van der Waals surface area contributed by atoms with Gasteiger partial charge in [0, 0.05) is 25.0 Å². The monoisotopic (exact) mass is 372 g/mol. The predicted molar refractivity (Wildman–Crippen MR) is 96.3 cm³/mol. The standard InChI is InChI=1S/C19H18F2N4O2/c1-5-23-10(2)18(26)17-16(21)15(11(3)25(17)4)19(27)24-13-6-7-14(20)12(8-13)9-22/h6-8,23H,2,5H2,1,3-4H3,(H,24,27). The molecule has 1 aromatic carbocycles. The Morgan fingerprint density at radius 1 is 1.33 bits per heavy atom. The zero-order chi connectivity index (χ0) is 20.3. The fraction of sp³-hybridized carbons (Fsp3) is 0.211. The number of likely N-dealkylation sites (N-methyl/N-ethyl adjacent to an activating group) is 1. The van der Waals surface area contributed by atoms with Crippen LogP contribution in [-0.4, -0.2) is 22.8 Å². The molecule has 8 heteroatoms. The van der Waals surface area contributed by atoms with Gasteiger partial charge in [0.25, 0.3) is 5.91 Å². The number of amides is 1. The van der Waals surface area contributed by atoms with Gasteiger partial charge in [-0.05, 0) is 32.0 Å². The molecule has 0 saturated carbocycles. The van der Waals surface area contributed by atoms with E-state index >= 15 is 0 Å². The number of carbonyl (C=O) groups excluding carboxylic acids is 2. The van der Waals surface area contributed by atoms with E-state index in [1.54, 1.807) is 13.0 Å². The van der Waals surface area contributed by atoms with Crippen molar-refractivity contribution in [1.82, 2.24) is 9.88 Å². The second kappa shape index (κ2) is 7.83. The Labute approximate surface area is 155 Å². The van der Waals surface area contributed by atoms with E-state index in [2.05, 4.69) is 17.2 Å². The smallest absolute Gasteiger partial charge is 0.260 e. The lowest BCUT2D eigenvalue weighted by Crippen LogP contribution is -2.22. The van der Waals surface area contributed by atoms with Gasteiger partial charge in [-0.1, -0.05) is 6.58 Å². The van der Waals surface area contributed by atoms with E-state index in [4.69, 9.17) is 5.26 Å². The molecule has 0 radical (unpaired) electrons. The Morgan fingerprint density at radius 3 is 2.59 bits per heavy atom. The number of nitriles is 1. The molecule has 0 aliphatic carbocycles. The Bertz CT molecular complexity index is 987. The van der Waals surface area contributed by atoms with E-state index < -0.39 is 23.3 Å². The summed E-state index contributed by atoms with van der Waals surface area (Å²) in [7, 11) is 1.47. The lowest BCUT2D eigenvalue weighted by molar-refractivity contribution is 0.101. The highest BCUT2D eigenvalue weighted by atomic mass is 19.1. The molecule has 0 aliphatic heterocycles. The molecule has 0 aliphatic rings. The van der Waals surface area contributed by atoms with E-state index in [9.17, 15) is 18.4 Å². The normalized spacial score (nSPS) is 10.2. The van der Waals surface area contributed by atoms with Gasteiger partial charge in [-0.3, -0.25) is 9.59 Å². The number of nitrogens with zero attached hydrogens (tertiary/aromatic N) is 2. The summed E-state index contributed by atoms with van der Waals surface area (Å²) in [6, 6.07) is 5.08. The first-order valence-corrected chi connectivity index (χ1v) is 8.06. The van der Waals surface area contributed by atoms with Crippen LogP contribution in [0.1, 0.15) is 39.0 Å². The average Bonchev–Trinajstić information content (AvgIpc) is 2.85. The van der Waals surface area contributed by atoms with Gasteiger partial charge >= 0.3 is 0 Å². The molecule has 27 heavy (non-hydrogen) atoms. The van der Waals surface area contributed by atoms with Crippen LogP contribution in [0.25, 0.3) is 0 Å². The molecule has 2 N–H and O–H groups in total. The van der Waals surface area contributed by atoms with Crippen LogP contribution in [0.5, 0.6) is 0 Å². The molecule has 0 saturated heterocycles. The molecule has 1 amide bonds. The van der Waals surface area contributed by atoms with Crippen LogP contribution in [0.3, 0.4) is 0 Å². The molecule has 6 nitrogen and oxygen atoms in total. The predicted octanol–water partition coefficient (Wildman–Crippen LogP) is 3.04. The number of rotatable bonds is 6. The average molecular weight is 372 g/mol. The summed E-state index contributed by atoms with van der Waals surface area (Å²) in [4.78, 5) is 24.9. The van der Waals surface area contributed by atoms with Gasteiger partial charge in [0.2, 0.25) is 5.78 Å². The van der Waals surface area contributed by atoms with E-state index in [1.165, 1.54) is 24.6 Å². The van der Waals surface area contributed by atoms with Crippen molar-refractivity contribution in [1.29, 1.82) is 5.26 Å².